The number of hydrogen-bond donors (Lipinski definition) is 3. The Morgan fingerprint density at radius 2 is 1.83 bits per heavy atom. The number of sulfonamides is 1. The van der Waals surface area contributed by atoms with E-state index in [2.05, 4.69) is 14.8 Å². The van der Waals surface area contributed by atoms with Crippen molar-refractivity contribution in [3.05, 3.63) is 58.5 Å². The molecule has 0 aliphatic heterocycles. The molecule has 3 rings (SSSR count). The van der Waals surface area contributed by atoms with Gasteiger partial charge in [0.25, 0.3) is 10.0 Å². The summed E-state index contributed by atoms with van der Waals surface area (Å²) in [6.45, 7) is 2.16. The fourth-order valence-electron chi connectivity index (χ4n) is 2.49. The van der Waals surface area contributed by atoms with Crippen LogP contribution in [0.4, 0.5) is 18.9 Å². The number of ether oxygens (including phenoxy) is 1. The highest BCUT2D eigenvalue weighted by Crippen LogP contribution is 2.34. The van der Waals surface area contributed by atoms with E-state index in [-0.39, 0.29) is 22.0 Å². The molecule has 0 radical (unpaired) electrons. The summed E-state index contributed by atoms with van der Waals surface area (Å²) in [5.74, 6) is 0.290. The van der Waals surface area contributed by atoms with Crippen molar-refractivity contribution in [2.75, 3.05) is 11.3 Å². The minimum Gasteiger partial charge on any atom is -0.494 e. The zero-order chi connectivity index (χ0) is 21.2. The van der Waals surface area contributed by atoms with Crippen molar-refractivity contribution in [3.8, 4) is 17.1 Å². The zero-order valence-electron chi connectivity index (χ0n) is 14.9. The van der Waals surface area contributed by atoms with Crippen molar-refractivity contribution in [1.82, 2.24) is 15.2 Å². The first kappa shape index (κ1) is 20.5. The Balaban J connectivity index is 1.99. The molecule has 0 unspecified atom stereocenters. The molecule has 12 heteroatoms. The Labute approximate surface area is 162 Å². The lowest BCUT2D eigenvalue weighted by atomic mass is 10.1. The molecule has 3 aromatic rings. The molecule has 3 N–H and O–H groups in total. The molecule has 29 heavy (non-hydrogen) atoms. The Morgan fingerprint density at radius 3 is 2.38 bits per heavy atom. The van der Waals surface area contributed by atoms with Crippen LogP contribution >= 0.6 is 0 Å². The summed E-state index contributed by atoms with van der Waals surface area (Å²) in [7, 11) is -4.17. The topological polar surface area (TPSA) is 117 Å². The van der Waals surface area contributed by atoms with E-state index in [1.165, 1.54) is 24.3 Å². The SMILES string of the molecule is CCOc1ccc(S(=O)(=O)Nc2cc(-c3n[nH]c(=O)[nH]3)cc(C(F)(F)F)c2)cc1. The van der Waals surface area contributed by atoms with Crippen LogP contribution < -0.4 is 15.1 Å². The minimum atomic E-state index is -4.74. The van der Waals surface area contributed by atoms with Gasteiger partial charge in [0, 0.05) is 5.56 Å². The molecule has 8 nitrogen and oxygen atoms in total. The zero-order valence-corrected chi connectivity index (χ0v) is 15.7. The number of halogens is 3. The van der Waals surface area contributed by atoms with Gasteiger partial charge in [0.1, 0.15) is 5.75 Å². The molecule has 0 atom stereocenters. The van der Waals surface area contributed by atoms with Gasteiger partial charge in [-0.25, -0.2) is 18.3 Å². The van der Waals surface area contributed by atoms with Crippen LogP contribution in [0.25, 0.3) is 11.4 Å². The Morgan fingerprint density at radius 1 is 1.14 bits per heavy atom. The van der Waals surface area contributed by atoms with Crippen LogP contribution in [0.3, 0.4) is 0 Å². The highest BCUT2D eigenvalue weighted by Gasteiger charge is 2.32. The summed E-state index contributed by atoms with van der Waals surface area (Å²) in [4.78, 5) is 13.3. The van der Waals surface area contributed by atoms with Gasteiger partial charge in [-0.1, -0.05) is 0 Å². The van der Waals surface area contributed by atoms with Gasteiger partial charge in [-0.2, -0.15) is 18.3 Å². The molecule has 0 amide bonds. The molecule has 0 saturated heterocycles. The molecule has 0 bridgehead atoms. The van der Waals surface area contributed by atoms with Gasteiger partial charge in [-0.05, 0) is 49.4 Å². The van der Waals surface area contributed by atoms with E-state index in [4.69, 9.17) is 4.74 Å². The van der Waals surface area contributed by atoms with E-state index in [9.17, 15) is 26.4 Å². The number of anilines is 1. The molecule has 0 aliphatic carbocycles. The predicted octanol–water partition coefficient (Wildman–Crippen LogP) is 2.98. The standard InChI is InChI=1S/C17H15F3N4O4S/c1-2-28-13-3-5-14(6-4-13)29(26,27)24-12-8-10(15-21-16(25)23-22-15)7-11(9-12)17(18,19)20/h3-9,24H,2H2,1H3,(H2,21,22,23,25). The van der Waals surface area contributed by atoms with Crippen molar-refractivity contribution in [3.63, 3.8) is 0 Å². The lowest BCUT2D eigenvalue weighted by Gasteiger charge is -2.13. The Kier molecular flexibility index (Phi) is 5.38. The number of aromatic amines is 2. The average molecular weight is 428 g/mol. The van der Waals surface area contributed by atoms with Gasteiger partial charge >= 0.3 is 11.9 Å². The summed E-state index contributed by atoms with van der Waals surface area (Å²) in [6.07, 6.45) is -4.74. The van der Waals surface area contributed by atoms with Crippen molar-refractivity contribution in [1.29, 1.82) is 0 Å². The fraction of sp³-hybridized carbons (Fsp3) is 0.176. The lowest BCUT2D eigenvalue weighted by Crippen LogP contribution is -2.14. The number of nitrogens with zero attached hydrogens (tertiary/aromatic N) is 1. The van der Waals surface area contributed by atoms with E-state index >= 15 is 0 Å². The van der Waals surface area contributed by atoms with Gasteiger partial charge in [-0.3, -0.25) is 9.71 Å². The number of alkyl halides is 3. The van der Waals surface area contributed by atoms with E-state index < -0.39 is 27.5 Å². The lowest BCUT2D eigenvalue weighted by molar-refractivity contribution is -0.137. The largest absolute Gasteiger partial charge is 0.494 e. The third kappa shape index (κ3) is 4.77. The highest BCUT2D eigenvalue weighted by atomic mass is 32.2. The van der Waals surface area contributed by atoms with E-state index in [0.717, 1.165) is 12.1 Å². The number of benzene rings is 2. The molecule has 1 heterocycles. The average Bonchev–Trinajstić information content (AvgIpc) is 3.08. The Bertz CT molecular complexity index is 1170. The first-order chi connectivity index (χ1) is 13.6. The molecular formula is C17H15F3N4O4S. The van der Waals surface area contributed by atoms with Gasteiger partial charge in [0.15, 0.2) is 5.82 Å². The van der Waals surface area contributed by atoms with Gasteiger partial charge in [0.05, 0.1) is 22.8 Å². The summed E-state index contributed by atoms with van der Waals surface area (Å²) in [6, 6.07) is 7.95. The number of hydrogen-bond acceptors (Lipinski definition) is 5. The maximum Gasteiger partial charge on any atom is 0.416 e. The second-order valence-corrected chi connectivity index (χ2v) is 7.52. The highest BCUT2D eigenvalue weighted by molar-refractivity contribution is 7.92. The van der Waals surface area contributed by atoms with Crippen molar-refractivity contribution < 1.29 is 26.3 Å². The smallest absolute Gasteiger partial charge is 0.416 e. The quantitative estimate of drug-likeness (QED) is 0.558. The van der Waals surface area contributed by atoms with Gasteiger partial charge in [-0.15, -0.1) is 0 Å². The number of aromatic nitrogens is 3. The monoisotopic (exact) mass is 428 g/mol. The van der Waals surface area contributed by atoms with E-state index in [1.54, 1.807) is 6.92 Å². The van der Waals surface area contributed by atoms with Crippen molar-refractivity contribution >= 4 is 15.7 Å². The Hall–Kier alpha value is -3.28. The van der Waals surface area contributed by atoms with Gasteiger partial charge in [0.2, 0.25) is 0 Å². The van der Waals surface area contributed by atoms with Crippen LogP contribution in [0, 0.1) is 0 Å². The van der Waals surface area contributed by atoms with E-state index in [0.29, 0.717) is 18.4 Å². The molecule has 2 aromatic carbocycles. The summed E-state index contributed by atoms with van der Waals surface area (Å²) < 4.78 is 72.2. The van der Waals surface area contributed by atoms with Crippen molar-refractivity contribution in [2.45, 2.75) is 18.0 Å². The first-order valence-corrected chi connectivity index (χ1v) is 9.70. The molecule has 0 aliphatic rings. The summed E-state index contributed by atoms with van der Waals surface area (Å²) in [5.41, 5.74) is -2.28. The molecular weight excluding hydrogens is 413 g/mol. The summed E-state index contributed by atoms with van der Waals surface area (Å²) in [5, 5.41) is 5.62. The molecule has 1 aromatic heterocycles. The fourth-order valence-corrected chi connectivity index (χ4v) is 3.53. The molecule has 0 saturated carbocycles. The maximum absolute atomic E-state index is 13.3. The molecule has 154 valence electrons. The molecule has 0 spiro atoms. The first-order valence-electron chi connectivity index (χ1n) is 8.21. The molecule has 0 fully saturated rings. The van der Waals surface area contributed by atoms with Crippen LogP contribution in [0.1, 0.15) is 12.5 Å². The van der Waals surface area contributed by atoms with Crippen LogP contribution in [-0.2, 0) is 16.2 Å². The third-order valence-corrected chi connectivity index (χ3v) is 5.13. The van der Waals surface area contributed by atoms with Crippen LogP contribution in [0.2, 0.25) is 0 Å². The van der Waals surface area contributed by atoms with Crippen LogP contribution in [-0.4, -0.2) is 30.2 Å². The number of nitrogens with one attached hydrogen (secondary N) is 3. The van der Waals surface area contributed by atoms with Crippen LogP contribution in [0.5, 0.6) is 5.75 Å². The number of H-pyrrole nitrogens is 2. The predicted molar refractivity (Wildman–Crippen MR) is 98.1 cm³/mol. The number of rotatable bonds is 6. The second kappa shape index (κ2) is 7.62. The third-order valence-electron chi connectivity index (χ3n) is 3.73. The summed E-state index contributed by atoms with van der Waals surface area (Å²) >= 11 is 0. The second-order valence-electron chi connectivity index (χ2n) is 5.83. The van der Waals surface area contributed by atoms with E-state index in [1.807, 2.05) is 5.10 Å². The minimum absolute atomic E-state index is 0.123. The van der Waals surface area contributed by atoms with Crippen LogP contribution in [0.15, 0.2) is 52.2 Å². The normalized spacial score (nSPS) is 12.0. The van der Waals surface area contributed by atoms with Crippen molar-refractivity contribution in [2.24, 2.45) is 0 Å². The maximum atomic E-state index is 13.3. The van der Waals surface area contributed by atoms with Gasteiger partial charge < -0.3 is 4.74 Å².